The first kappa shape index (κ1) is 49.0. The molecule has 0 bridgehead atoms. The van der Waals surface area contributed by atoms with Gasteiger partial charge in [0.05, 0.1) is 25.6 Å². The Kier molecular flexibility index (Phi) is 36.3. The van der Waals surface area contributed by atoms with E-state index < -0.39 is 19.9 Å². The van der Waals surface area contributed by atoms with E-state index in [1.165, 1.54) is 70.6 Å². The number of phosphoric acid groups is 1. The Morgan fingerprint density at radius 3 is 1.78 bits per heavy atom. The molecule has 0 heterocycles. The van der Waals surface area contributed by atoms with Crippen LogP contribution in [0.15, 0.2) is 60.9 Å². The second-order valence-electron chi connectivity index (χ2n) is 13.0. The molecule has 9 nitrogen and oxygen atoms in total. The first-order chi connectivity index (χ1) is 24.8. The van der Waals surface area contributed by atoms with Gasteiger partial charge in [0, 0.05) is 13.0 Å². The number of hydrogen-bond donors (Lipinski definition) is 3. The molecule has 0 aromatic carbocycles. The Morgan fingerprint density at radius 2 is 1.22 bits per heavy atom. The molecule has 0 radical (unpaired) electrons. The highest BCUT2D eigenvalue weighted by Gasteiger charge is 2.25. The van der Waals surface area contributed by atoms with E-state index in [4.69, 9.17) is 24.3 Å². The van der Waals surface area contributed by atoms with Gasteiger partial charge in [0.2, 0.25) is 0 Å². The number of carbonyl (C=O) groups excluding carboxylic acids is 1. The molecule has 3 atom stereocenters. The first-order valence-electron chi connectivity index (χ1n) is 19.9. The fourth-order valence-electron chi connectivity index (χ4n) is 5.05. The predicted octanol–water partition coefficient (Wildman–Crippen LogP) is 10.7. The molecule has 296 valence electrons. The number of allylic oxidation sites excluding steroid dienone is 9. The zero-order valence-electron chi connectivity index (χ0n) is 32.2. The Morgan fingerprint density at radius 1 is 0.686 bits per heavy atom. The maximum absolute atomic E-state index is 12.5. The van der Waals surface area contributed by atoms with Crippen LogP contribution >= 0.6 is 7.82 Å². The molecule has 0 aliphatic heterocycles. The molecular weight excluding hydrogens is 665 g/mol. The lowest BCUT2D eigenvalue weighted by Gasteiger charge is -2.19. The summed E-state index contributed by atoms with van der Waals surface area (Å²) in [5.41, 5.74) is 5.34. The fraction of sp³-hybridized carbons (Fsp3) is 0.732. The van der Waals surface area contributed by atoms with Crippen molar-refractivity contribution in [3.05, 3.63) is 60.9 Å². The van der Waals surface area contributed by atoms with Crippen molar-refractivity contribution in [3.8, 4) is 0 Å². The summed E-state index contributed by atoms with van der Waals surface area (Å²) in [4.78, 5) is 22.4. The first-order valence-corrected chi connectivity index (χ1v) is 21.4. The minimum Gasteiger partial charge on any atom is -0.498 e. The summed E-state index contributed by atoms with van der Waals surface area (Å²) in [7, 11) is -4.31. The van der Waals surface area contributed by atoms with Crippen molar-refractivity contribution in [3.63, 3.8) is 0 Å². The minimum absolute atomic E-state index is 0.000242. The van der Waals surface area contributed by atoms with Gasteiger partial charge in [0.15, 0.2) is 6.10 Å². The van der Waals surface area contributed by atoms with Crippen LogP contribution in [0.2, 0.25) is 0 Å². The number of aliphatic hydroxyl groups is 1. The lowest BCUT2D eigenvalue weighted by atomic mass is 10.0. The predicted molar refractivity (Wildman–Crippen MR) is 211 cm³/mol. The number of carbonyl (C=O) groups is 1. The number of ether oxygens (including phenoxy) is 2. The maximum atomic E-state index is 12.5. The van der Waals surface area contributed by atoms with E-state index in [9.17, 15) is 19.4 Å². The minimum atomic E-state index is -4.31. The number of unbranched alkanes of at least 4 members (excludes halogenated alkanes) is 13. The van der Waals surface area contributed by atoms with Crippen LogP contribution in [-0.2, 0) is 27.9 Å². The van der Waals surface area contributed by atoms with Crippen LogP contribution in [0.25, 0.3) is 0 Å². The van der Waals surface area contributed by atoms with E-state index >= 15 is 0 Å². The van der Waals surface area contributed by atoms with Gasteiger partial charge in [-0.15, -0.1) is 0 Å². The molecule has 0 rings (SSSR count). The molecule has 0 aliphatic carbocycles. The highest BCUT2D eigenvalue weighted by atomic mass is 31.2. The lowest BCUT2D eigenvalue weighted by molar-refractivity contribution is -0.153. The second kappa shape index (κ2) is 37.7. The van der Waals surface area contributed by atoms with Crippen LogP contribution in [-0.4, -0.2) is 54.5 Å². The summed E-state index contributed by atoms with van der Waals surface area (Å²) in [6, 6.07) is 0. The molecular formula is C41H74NO8P. The molecule has 0 aromatic heterocycles. The zero-order chi connectivity index (χ0) is 37.5. The Balaban J connectivity index is 4.26. The normalized spacial score (nSPS) is 14.8. The summed E-state index contributed by atoms with van der Waals surface area (Å²) in [5.74, 6) is -0.420. The second-order valence-corrected chi connectivity index (χ2v) is 14.5. The standard InChI is InChI=1S/C41H74NO8P/c1-3-5-6-7-8-9-10-11-16-19-22-25-28-31-35-47-37-40(38-49-51(45,46)48-36-34-42)50-41(44)33-30-27-24-21-18-15-13-12-14-17-20-23-26-29-32-39(43)4-2/h13-15,17,21,23-24,26,31,35,39-40,43H,3-12,16,18-20,22,25,27-30,32-34,36-38,42H2,1-2H3,(H,45,46). The SMILES string of the molecule is CCCCCCCCCCCCCCC=COCC(COP(=O)(O)OCCN)OC(=O)CCCC=CCC=CCC=CCC=CCCC(O)CC. The average Bonchev–Trinajstić information content (AvgIpc) is 3.12. The van der Waals surface area contributed by atoms with E-state index in [1.54, 1.807) is 6.26 Å². The number of rotatable bonds is 37. The van der Waals surface area contributed by atoms with Crippen LogP contribution in [0.1, 0.15) is 155 Å². The van der Waals surface area contributed by atoms with Gasteiger partial charge in [-0.25, -0.2) is 4.57 Å². The average molecular weight is 740 g/mol. The van der Waals surface area contributed by atoms with Gasteiger partial charge in [-0.05, 0) is 70.3 Å². The van der Waals surface area contributed by atoms with Gasteiger partial charge in [0.25, 0.3) is 0 Å². The molecule has 0 fully saturated rings. The highest BCUT2D eigenvalue weighted by Crippen LogP contribution is 2.43. The molecule has 4 N–H and O–H groups in total. The third-order valence-electron chi connectivity index (χ3n) is 8.17. The largest absolute Gasteiger partial charge is 0.498 e. The summed E-state index contributed by atoms with van der Waals surface area (Å²) in [6.07, 6.45) is 42.8. The van der Waals surface area contributed by atoms with Crippen molar-refractivity contribution < 1.29 is 37.9 Å². The van der Waals surface area contributed by atoms with Gasteiger partial charge >= 0.3 is 13.8 Å². The molecule has 10 heteroatoms. The number of hydrogen-bond acceptors (Lipinski definition) is 8. The van der Waals surface area contributed by atoms with Crippen molar-refractivity contribution >= 4 is 13.8 Å². The van der Waals surface area contributed by atoms with Crippen molar-refractivity contribution in [2.24, 2.45) is 5.73 Å². The monoisotopic (exact) mass is 740 g/mol. The molecule has 0 amide bonds. The van der Waals surface area contributed by atoms with Crippen LogP contribution < -0.4 is 5.73 Å². The number of aliphatic hydroxyl groups excluding tert-OH is 1. The van der Waals surface area contributed by atoms with Gasteiger partial charge < -0.3 is 25.2 Å². The molecule has 3 unspecified atom stereocenters. The van der Waals surface area contributed by atoms with E-state index in [1.807, 2.05) is 13.0 Å². The summed E-state index contributed by atoms with van der Waals surface area (Å²) in [5, 5.41) is 9.55. The maximum Gasteiger partial charge on any atom is 0.472 e. The Bertz CT molecular complexity index is 981. The molecule has 0 saturated heterocycles. The summed E-state index contributed by atoms with van der Waals surface area (Å²) in [6.45, 7) is 3.87. The van der Waals surface area contributed by atoms with E-state index in [0.717, 1.165) is 57.8 Å². The van der Waals surface area contributed by atoms with Crippen molar-refractivity contribution in [2.75, 3.05) is 26.4 Å². The molecule has 51 heavy (non-hydrogen) atoms. The van der Waals surface area contributed by atoms with Crippen LogP contribution in [0.4, 0.5) is 0 Å². The van der Waals surface area contributed by atoms with Gasteiger partial charge in [-0.3, -0.25) is 13.8 Å². The Hall–Kier alpha value is -2.00. The molecule has 0 spiro atoms. The number of esters is 1. The van der Waals surface area contributed by atoms with Crippen LogP contribution in [0.3, 0.4) is 0 Å². The Labute approximate surface area is 311 Å². The quantitative estimate of drug-likeness (QED) is 0.0187. The third-order valence-corrected chi connectivity index (χ3v) is 9.15. The smallest absolute Gasteiger partial charge is 0.472 e. The zero-order valence-corrected chi connectivity index (χ0v) is 33.1. The lowest BCUT2D eigenvalue weighted by Crippen LogP contribution is -2.27. The van der Waals surface area contributed by atoms with Crippen molar-refractivity contribution in [1.29, 1.82) is 0 Å². The van der Waals surface area contributed by atoms with Crippen molar-refractivity contribution in [1.82, 2.24) is 0 Å². The van der Waals surface area contributed by atoms with Crippen LogP contribution in [0.5, 0.6) is 0 Å². The third kappa shape index (κ3) is 37.6. The van der Waals surface area contributed by atoms with Crippen LogP contribution in [0, 0.1) is 0 Å². The van der Waals surface area contributed by atoms with E-state index in [-0.39, 0.29) is 38.9 Å². The molecule has 0 aromatic rings. The topological polar surface area (TPSA) is 138 Å². The van der Waals surface area contributed by atoms with Crippen molar-refractivity contribution in [2.45, 2.75) is 167 Å². The van der Waals surface area contributed by atoms with Gasteiger partial charge in [0.1, 0.15) is 6.61 Å². The summed E-state index contributed by atoms with van der Waals surface area (Å²) >= 11 is 0. The van der Waals surface area contributed by atoms with E-state index in [0.29, 0.717) is 6.42 Å². The molecule has 0 saturated carbocycles. The number of phosphoric ester groups is 1. The number of nitrogens with two attached hydrogens (primary N) is 1. The van der Waals surface area contributed by atoms with Gasteiger partial charge in [-0.2, -0.15) is 0 Å². The van der Waals surface area contributed by atoms with Gasteiger partial charge in [-0.1, -0.05) is 133 Å². The molecule has 0 aliphatic rings. The fourth-order valence-corrected chi connectivity index (χ4v) is 5.82. The van der Waals surface area contributed by atoms with E-state index in [2.05, 4.69) is 55.5 Å². The highest BCUT2D eigenvalue weighted by molar-refractivity contribution is 7.47. The summed E-state index contributed by atoms with van der Waals surface area (Å²) < 4.78 is 33.0.